The van der Waals surface area contributed by atoms with Crippen molar-refractivity contribution in [3.63, 3.8) is 0 Å². The zero-order chi connectivity index (χ0) is 37.4. The van der Waals surface area contributed by atoms with Gasteiger partial charge < -0.3 is 39.6 Å². The van der Waals surface area contributed by atoms with Gasteiger partial charge in [-0.25, -0.2) is 0 Å². The fraction of sp³-hybridized carbons (Fsp3) is 0.486. The van der Waals surface area contributed by atoms with Crippen molar-refractivity contribution in [3.8, 4) is 5.75 Å². The number of ether oxygens (including phenoxy) is 4. The molecule has 0 saturated heterocycles. The number of aryl methyl sites for hydroxylation is 1. The lowest BCUT2D eigenvalue weighted by Gasteiger charge is -2.38. The summed E-state index contributed by atoms with van der Waals surface area (Å²) in [5, 5.41) is 36.0. The average Bonchev–Trinajstić information content (AvgIpc) is 3.34. The van der Waals surface area contributed by atoms with Crippen LogP contribution in [0.1, 0.15) is 80.3 Å². The SMILES string of the molecule is CO[C@H]1C=CO[C@@]2(C)Oc3c(C)cc4c(c3C2=O)C(=O)C(=O)C(=C4O)NC(=O)/C(C)=C\C=C/[C@H](C)[C@H](O)[C@@H](C)[C@@H](O)[C@@H](C)[C@H](OC(C)=O)[C@@H]1C. The number of aliphatic hydroxyl groups is 3. The second-order valence-electron chi connectivity index (χ2n) is 13.4. The molecule has 4 aliphatic rings. The van der Waals surface area contributed by atoms with Crippen LogP contribution in [0, 0.1) is 30.6 Å². The van der Waals surface area contributed by atoms with Gasteiger partial charge in [-0.15, -0.1) is 0 Å². The van der Waals surface area contributed by atoms with E-state index in [1.807, 2.05) is 0 Å². The van der Waals surface area contributed by atoms with Crippen LogP contribution < -0.4 is 10.1 Å². The Balaban J connectivity index is 1.85. The van der Waals surface area contributed by atoms with Crippen LogP contribution in [0.3, 0.4) is 0 Å². The molecule has 9 atom stereocenters. The molecule has 4 N–H and O–H groups in total. The van der Waals surface area contributed by atoms with Crippen molar-refractivity contribution in [3.05, 3.63) is 70.2 Å². The lowest BCUT2D eigenvalue weighted by Crippen LogP contribution is -2.46. The summed E-state index contributed by atoms with van der Waals surface area (Å²) >= 11 is 0. The topological polar surface area (TPSA) is 195 Å². The molecule has 5 rings (SSSR count). The van der Waals surface area contributed by atoms with Gasteiger partial charge in [0.25, 0.3) is 17.5 Å². The van der Waals surface area contributed by atoms with Crippen LogP contribution in [0.15, 0.2) is 47.9 Å². The van der Waals surface area contributed by atoms with Crippen molar-refractivity contribution >= 4 is 35.0 Å². The summed E-state index contributed by atoms with van der Waals surface area (Å²) in [5.41, 5.74) is -0.947. The first-order valence-corrected chi connectivity index (χ1v) is 16.4. The molecule has 270 valence electrons. The van der Waals surface area contributed by atoms with Crippen LogP contribution in [0.5, 0.6) is 5.75 Å². The summed E-state index contributed by atoms with van der Waals surface area (Å²) in [5.74, 6) is -9.68. The number of aliphatic hydroxyl groups excluding tert-OH is 3. The third-order valence-corrected chi connectivity index (χ3v) is 9.76. The lowest BCUT2D eigenvalue weighted by atomic mass is 9.78. The van der Waals surface area contributed by atoms with Crippen molar-refractivity contribution in [2.75, 3.05) is 7.11 Å². The maximum Gasteiger partial charge on any atom is 0.312 e. The number of nitrogens with one attached hydrogen (secondary N) is 1. The first kappa shape index (κ1) is 38.2. The molecule has 0 radical (unpaired) electrons. The van der Waals surface area contributed by atoms with Gasteiger partial charge in [-0.05, 0) is 31.6 Å². The number of rotatable bonds is 2. The largest absolute Gasteiger partial charge is 0.505 e. The van der Waals surface area contributed by atoms with Crippen LogP contribution in [-0.4, -0.2) is 81.9 Å². The molecular weight excluding hydrogens is 650 g/mol. The Morgan fingerprint density at radius 3 is 2.22 bits per heavy atom. The minimum absolute atomic E-state index is 0.0119. The number of Topliss-reactive ketones (excluding diaryl/α,β-unsaturated/α-hetero) is 3. The summed E-state index contributed by atoms with van der Waals surface area (Å²) in [6.07, 6.45) is 3.38. The quantitative estimate of drug-likeness (QED) is 0.260. The van der Waals surface area contributed by atoms with E-state index in [4.69, 9.17) is 18.9 Å². The minimum Gasteiger partial charge on any atom is -0.505 e. The molecule has 0 unspecified atom stereocenters. The van der Waals surface area contributed by atoms with E-state index in [1.165, 1.54) is 58.4 Å². The normalized spacial score (nSPS) is 34.0. The Labute approximate surface area is 290 Å². The first-order valence-electron chi connectivity index (χ1n) is 16.4. The van der Waals surface area contributed by atoms with Crippen molar-refractivity contribution in [1.29, 1.82) is 0 Å². The van der Waals surface area contributed by atoms with Crippen LogP contribution in [-0.2, 0) is 28.6 Å². The predicted octanol–water partition coefficient (Wildman–Crippen LogP) is 3.65. The van der Waals surface area contributed by atoms with E-state index in [1.54, 1.807) is 40.7 Å². The number of fused-ring (bicyclic) bond motifs is 14. The fourth-order valence-corrected chi connectivity index (χ4v) is 6.62. The standard InChI is InChI=1S/C37H45NO12/c1-16-11-10-12-17(2)36(46)38-27-30(42)23-15-18(3)33-26(25(23)31(43)32(27)44)35(45)37(8,50-33)48-14-13-24(47-9)19(4)34(49-22(7)39)21(6)29(41)20(5)28(16)40/h10-16,19-21,24,28-29,34,40-42H,1-9H3,(H,38,46)/b11-10-,14-13?,17-12-/t16-,19+,20+,21+,24-,28-,29+,34+,37-/m0/s1. The number of ketones is 3. The van der Waals surface area contributed by atoms with Crippen molar-refractivity contribution < 1.29 is 58.2 Å². The maximum atomic E-state index is 13.9. The molecule has 1 aromatic rings. The van der Waals surface area contributed by atoms with Crippen molar-refractivity contribution in [1.82, 2.24) is 5.32 Å². The molecule has 1 aromatic carbocycles. The molecule has 5 bridgehead atoms. The third kappa shape index (κ3) is 7.03. The van der Waals surface area contributed by atoms with Gasteiger partial charge in [-0.3, -0.25) is 24.0 Å². The number of amides is 1. The summed E-state index contributed by atoms with van der Waals surface area (Å²) in [4.78, 5) is 65.9. The first-order chi connectivity index (χ1) is 23.4. The van der Waals surface area contributed by atoms with Gasteiger partial charge in [0, 0.05) is 55.8 Å². The average molecular weight is 696 g/mol. The molecule has 1 aliphatic carbocycles. The number of allylic oxidation sites excluding steroid dienone is 3. The Morgan fingerprint density at radius 1 is 0.940 bits per heavy atom. The molecule has 50 heavy (non-hydrogen) atoms. The smallest absolute Gasteiger partial charge is 0.312 e. The monoisotopic (exact) mass is 695 g/mol. The van der Waals surface area contributed by atoms with Crippen LogP contribution in [0.2, 0.25) is 0 Å². The highest BCUT2D eigenvalue weighted by Crippen LogP contribution is 2.45. The third-order valence-electron chi connectivity index (χ3n) is 9.76. The van der Waals surface area contributed by atoms with E-state index in [0.29, 0.717) is 5.56 Å². The van der Waals surface area contributed by atoms with E-state index in [-0.39, 0.29) is 28.0 Å². The summed E-state index contributed by atoms with van der Waals surface area (Å²) in [7, 11) is 1.42. The van der Waals surface area contributed by atoms with Gasteiger partial charge in [0.1, 0.15) is 17.6 Å². The van der Waals surface area contributed by atoms with E-state index < -0.39 is 94.6 Å². The highest BCUT2D eigenvalue weighted by molar-refractivity contribution is 6.53. The molecule has 1 amide bonds. The molecule has 3 heterocycles. The van der Waals surface area contributed by atoms with E-state index in [9.17, 15) is 39.3 Å². The zero-order valence-corrected chi connectivity index (χ0v) is 29.6. The number of hydrogen-bond donors (Lipinski definition) is 4. The Morgan fingerprint density at radius 2 is 1.60 bits per heavy atom. The van der Waals surface area contributed by atoms with Crippen molar-refractivity contribution in [2.24, 2.45) is 23.7 Å². The van der Waals surface area contributed by atoms with Gasteiger partial charge in [0.05, 0.1) is 35.7 Å². The van der Waals surface area contributed by atoms with E-state index >= 15 is 0 Å². The molecule has 3 aliphatic heterocycles. The Bertz CT molecular complexity index is 1720. The number of methoxy groups -OCH3 is 1. The number of carbonyl (C=O) groups is 5. The lowest BCUT2D eigenvalue weighted by molar-refractivity contribution is -0.160. The van der Waals surface area contributed by atoms with Crippen LogP contribution in [0.25, 0.3) is 5.76 Å². The van der Waals surface area contributed by atoms with Gasteiger partial charge in [-0.1, -0.05) is 45.9 Å². The summed E-state index contributed by atoms with van der Waals surface area (Å²) in [6, 6.07) is 1.38. The Kier molecular flexibility index (Phi) is 11.2. The van der Waals surface area contributed by atoms with Gasteiger partial charge in [0.15, 0.2) is 5.76 Å². The van der Waals surface area contributed by atoms with Gasteiger partial charge >= 0.3 is 11.8 Å². The maximum absolute atomic E-state index is 13.9. The Hall–Kier alpha value is -4.59. The highest BCUT2D eigenvalue weighted by atomic mass is 16.7. The van der Waals surface area contributed by atoms with E-state index in [2.05, 4.69) is 5.32 Å². The fourth-order valence-electron chi connectivity index (χ4n) is 6.62. The molecule has 0 spiro atoms. The van der Waals surface area contributed by atoms with Crippen LogP contribution >= 0.6 is 0 Å². The van der Waals surface area contributed by atoms with E-state index in [0.717, 1.165) is 0 Å². The molecule has 13 heteroatoms. The number of carbonyl (C=O) groups excluding carboxylic acids is 5. The number of hydrogen-bond acceptors (Lipinski definition) is 12. The molecule has 0 saturated carbocycles. The van der Waals surface area contributed by atoms with Gasteiger partial charge in [0.2, 0.25) is 5.78 Å². The minimum atomic E-state index is -2.00. The number of benzene rings is 1. The molecule has 0 fully saturated rings. The zero-order valence-electron chi connectivity index (χ0n) is 29.6. The van der Waals surface area contributed by atoms with Gasteiger partial charge in [-0.2, -0.15) is 0 Å². The van der Waals surface area contributed by atoms with Crippen LogP contribution in [0.4, 0.5) is 0 Å². The summed E-state index contributed by atoms with van der Waals surface area (Å²) < 4.78 is 23.1. The number of esters is 1. The molecule has 0 aromatic heterocycles. The summed E-state index contributed by atoms with van der Waals surface area (Å²) in [6.45, 7) is 12.5. The van der Waals surface area contributed by atoms with Crippen molar-refractivity contribution in [2.45, 2.75) is 85.6 Å². The predicted molar refractivity (Wildman–Crippen MR) is 180 cm³/mol. The highest BCUT2D eigenvalue weighted by Gasteiger charge is 2.51. The molecule has 13 nitrogen and oxygen atoms in total. The molecular formula is C37H45NO12. The second kappa shape index (κ2) is 14.7. The second-order valence-corrected chi connectivity index (χ2v) is 13.4.